The van der Waals surface area contributed by atoms with Crippen LogP contribution in [0, 0.1) is 0 Å². The van der Waals surface area contributed by atoms with Gasteiger partial charge in [-0.25, -0.2) is 0 Å². The SMILES string of the molecule is COCCc1ccccc1NCc1cccs1. The maximum atomic E-state index is 5.13. The van der Waals surface area contributed by atoms with Gasteiger partial charge in [0.25, 0.3) is 0 Å². The standard InChI is InChI=1S/C14H17NOS/c1-16-9-8-12-5-2-3-7-14(12)15-11-13-6-4-10-17-13/h2-7,10,15H,8-9,11H2,1H3. The summed E-state index contributed by atoms with van der Waals surface area (Å²) < 4.78 is 5.13. The van der Waals surface area contributed by atoms with E-state index in [-0.39, 0.29) is 0 Å². The summed E-state index contributed by atoms with van der Waals surface area (Å²) in [6.45, 7) is 1.65. The van der Waals surface area contributed by atoms with Gasteiger partial charge in [0.05, 0.1) is 6.61 Å². The molecule has 17 heavy (non-hydrogen) atoms. The smallest absolute Gasteiger partial charge is 0.0503 e. The first-order chi connectivity index (χ1) is 8.40. The van der Waals surface area contributed by atoms with E-state index >= 15 is 0 Å². The van der Waals surface area contributed by atoms with Gasteiger partial charge in [-0.1, -0.05) is 24.3 Å². The molecule has 0 aliphatic carbocycles. The molecule has 0 spiro atoms. The molecule has 2 aromatic rings. The van der Waals surface area contributed by atoms with Gasteiger partial charge in [-0.05, 0) is 29.5 Å². The molecule has 0 unspecified atom stereocenters. The molecule has 1 aromatic heterocycles. The van der Waals surface area contributed by atoms with Crippen LogP contribution in [0.2, 0.25) is 0 Å². The van der Waals surface area contributed by atoms with E-state index in [9.17, 15) is 0 Å². The van der Waals surface area contributed by atoms with E-state index in [2.05, 4.69) is 47.1 Å². The Morgan fingerprint density at radius 2 is 2.06 bits per heavy atom. The predicted molar refractivity (Wildman–Crippen MR) is 73.7 cm³/mol. The second-order valence-corrected chi connectivity index (χ2v) is 4.87. The number of hydrogen-bond acceptors (Lipinski definition) is 3. The summed E-state index contributed by atoms with van der Waals surface area (Å²) in [5, 5.41) is 5.58. The molecule has 0 saturated heterocycles. The number of nitrogens with one attached hydrogen (secondary N) is 1. The van der Waals surface area contributed by atoms with Gasteiger partial charge in [0.15, 0.2) is 0 Å². The number of ether oxygens (including phenoxy) is 1. The fraction of sp³-hybridized carbons (Fsp3) is 0.286. The average Bonchev–Trinajstić information content (AvgIpc) is 2.88. The van der Waals surface area contributed by atoms with Crippen LogP contribution in [0.5, 0.6) is 0 Å². The highest BCUT2D eigenvalue weighted by atomic mass is 32.1. The van der Waals surface area contributed by atoms with Crippen molar-refractivity contribution >= 4 is 17.0 Å². The van der Waals surface area contributed by atoms with Crippen molar-refractivity contribution in [1.82, 2.24) is 0 Å². The number of anilines is 1. The molecular formula is C14H17NOS. The van der Waals surface area contributed by atoms with Crippen LogP contribution in [-0.2, 0) is 17.7 Å². The maximum Gasteiger partial charge on any atom is 0.0503 e. The Morgan fingerprint density at radius 1 is 1.18 bits per heavy atom. The fourth-order valence-electron chi connectivity index (χ4n) is 1.72. The third-order valence-corrected chi connectivity index (χ3v) is 3.50. The monoisotopic (exact) mass is 247 g/mol. The first-order valence-corrected chi connectivity index (χ1v) is 6.61. The normalized spacial score (nSPS) is 10.4. The molecule has 0 radical (unpaired) electrons. The molecule has 0 saturated carbocycles. The van der Waals surface area contributed by atoms with Crippen molar-refractivity contribution in [2.75, 3.05) is 19.0 Å². The van der Waals surface area contributed by atoms with E-state index < -0.39 is 0 Å². The minimum atomic E-state index is 0.762. The fourth-order valence-corrected chi connectivity index (χ4v) is 2.36. The summed E-state index contributed by atoms with van der Waals surface area (Å²) in [7, 11) is 1.74. The van der Waals surface area contributed by atoms with Crippen LogP contribution < -0.4 is 5.32 Å². The van der Waals surface area contributed by atoms with Crippen molar-refractivity contribution in [2.24, 2.45) is 0 Å². The molecule has 90 valence electrons. The van der Waals surface area contributed by atoms with Crippen molar-refractivity contribution in [3.05, 3.63) is 52.2 Å². The van der Waals surface area contributed by atoms with E-state index in [1.54, 1.807) is 18.4 Å². The first kappa shape index (κ1) is 12.1. The zero-order chi connectivity index (χ0) is 11.9. The van der Waals surface area contributed by atoms with Crippen LogP contribution in [0.4, 0.5) is 5.69 Å². The lowest BCUT2D eigenvalue weighted by atomic mass is 10.1. The lowest BCUT2D eigenvalue weighted by Gasteiger charge is -2.10. The summed E-state index contributed by atoms with van der Waals surface area (Å²) in [5.74, 6) is 0. The molecule has 2 rings (SSSR count). The van der Waals surface area contributed by atoms with E-state index in [0.29, 0.717) is 0 Å². The van der Waals surface area contributed by atoms with Crippen LogP contribution in [0.1, 0.15) is 10.4 Å². The van der Waals surface area contributed by atoms with E-state index in [0.717, 1.165) is 19.6 Å². The van der Waals surface area contributed by atoms with E-state index in [1.807, 2.05) is 0 Å². The average molecular weight is 247 g/mol. The number of thiophene rings is 1. The Bertz CT molecular complexity index is 439. The van der Waals surface area contributed by atoms with Crippen molar-refractivity contribution < 1.29 is 4.74 Å². The topological polar surface area (TPSA) is 21.3 Å². The number of benzene rings is 1. The number of rotatable bonds is 6. The Hall–Kier alpha value is -1.32. The summed E-state index contributed by atoms with van der Waals surface area (Å²) >= 11 is 1.78. The van der Waals surface area contributed by atoms with Crippen molar-refractivity contribution in [3.63, 3.8) is 0 Å². The predicted octanol–water partition coefficient (Wildman–Crippen LogP) is 3.55. The number of para-hydroxylation sites is 1. The lowest BCUT2D eigenvalue weighted by molar-refractivity contribution is 0.202. The molecule has 0 aliphatic rings. The van der Waals surface area contributed by atoms with Crippen LogP contribution in [-0.4, -0.2) is 13.7 Å². The maximum absolute atomic E-state index is 5.13. The van der Waals surface area contributed by atoms with E-state index in [4.69, 9.17) is 4.74 Å². The molecule has 2 nitrogen and oxygen atoms in total. The van der Waals surface area contributed by atoms with Gasteiger partial charge >= 0.3 is 0 Å². The second-order valence-electron chi connectivity index (χ2n) is 3.83. The molecule has 3 heteroatoms. The lowest BCUT2D eigenvalue weighted by Crippen LogP contribution is -2.03. The number of hydrogen-bond donors (Lipinski definition) is 1. The quantitative estimate of drug-likeness (QED) is 0.843. The molecule has 0 aliphatic heterocycles. The molecule has 0 amide bonds. The van der Waals surface area contributed by atoms with Gasteiger partial charge in [-0.15, -0.1) is 11.3 Å². The third kappa shape index (κ3) is 3.58. The molecular weight excluding hydrogens is 230 g/mol. The molecule has 1 heterocycles. The van der Waals surface area contributed by atoms with Gasteiger partial charge in [0.1, 0.15) is 0 Å². The van der Waals surface area contributed by atoms with E-state index in [1.165, 1.54) is 16.1 Å². The van der Waals surface area contributed by atoms with Gasteiger partial charge in [0, 0.05) is 24.2 Å². The second kappa shape index (κ2) is 6.42. The number of methoxy groups -OCH3 is 1. The Balaban J connectivity index is 1.99. The molecule has 1 N–H and O–H groups in total. The highest BCUT2D eigenvalue weighted by Crippen LogP contribution is 2.18. The Kier molecular flexibility index (Phi) is 4.59. The summed E-state index contributed by atoms with van der Waals surface area (Å²) in [5.41, 5.74) is 2.52. The van der Waals surface area contributed by atoms with Crippen LogP contribution in [0.15, 0.2) is 41.8 Å². The molecule has 0 bridgehead atoms. The van der Waals surface area contributed by atoms with Crippen molar-refractivity contribution in [1.29, 1.82) is 0 Å². The van der Waals surface area contributed by atoms with Gasteiger partial charge in [-0.3, -0.25) is 0 Å². The Morgan fingerprint density at radius 3 is 2.82 bits per heavy atom. The third-order valence-electron chi connectivity index (χ3n) is 2.63. The van der Waals surface area contributed by atoms with Crippen molar-refractivity contribution in [3.8, 4) is 0 Å². The zero-order valence-electron chi connectivity index (χ0n) is 9.98. The minimum absolute atomic E-state index is 0.762. The molecule has 0 fully saturated rings. The highest BCUT2D eigenvalue weighted by Gasteiger charge is 2.01. The summed E-state index contributed by atoms with van der Waals surface area (Å²) in [4.78, 5) is 1.35. The van der Waals surface area contributed by atoms with Crippen molar-refractivity contribution in [2.45, 2.75) is 13.0 Å². The molecule has 1 aromatic carbocycles. The summed E-state index contributed by atoms with van der Waals surface area (Å²) in [6.07, 6.45) is 0.949. The van der Waals surface area contributed by atoms with Crippen LogP contribution >= 0.6 is 11.3 Å². The minimum Gasteiger partial charge on any atom is -0.384 e. The zero-order valence-corrected chi connectivity index (χ0v) is 10.8. The van der Waals surface area contributed by atoms with Crippen LogP contribution in [0.3, 0.4) is 0 Å². The van der Waals surface area contributed by atoms with Crippen LogP contribution in [0.25, 0.3) is 0 Å². The largest absolute Gasteiger partial charge is 0.384 e. The van der Waals surface area contributed by atoms with Gasteiger partial charge < -0.3 is 10.1 Å². The summed E-state index contributed by atoms with van der Waals surface area (Å²) in [6, 6.07) is 12.6. The van der Waals surface area contributed by atoms with Gasteiger partial charge in [-0.2, -0.15) is 0 Å². The molecule has 0 atom stereocenters. The first-order valence-electron chi connectivity index (χ1n) is 5.73. The van der Waals surface area contributed by atoms with Gasteiger partial charge in [0.2, 0.25) is 0 Å². The highest BCUT2D eigenvalue weighted by molar-refractivity contribution is 7.09. The Labute approximate surface area is 106 Å².